The summed E-state index contributed by atoms with van der Waals surface area (Å²) < 4.78 is 13.0. The maximum atomic E-state index is 13.0. The molecular weight excluding hydrogens is 397 g/mol. The Bertz CT molecular complexity index is 918. The summed E-state index contributed by atoms with van der Waals surface area (Å²) in [5, 5.41) is 6.13. The van der Waals surface area contributed by atoms with Crippen LogP contribution in [0, 0.1) is 11.7 Å². The third-order valence-electron chi connectivity index (χ3n) is 5.20. The van der Waals surface area contributed by atoms with Gasteiger partial charge < -0.3 is 5.32 Å². The number of hydroxylamine groups is 2. The van der Waals surface area contributed by atoms with E-state index < -0.39 is 18.1 Å². The van der Waals surface area contributed by atoms with Crippen LogP contribution in [0.15, 0.2) is 41.8 Å². The highest BCUT2D eigenvalue weighted by Gasteiger charge is 2.59. The van der Waals surface area contributed by atoms with Gasteiger partial charge in [0, 0.05) is 18.5 Å². The van der Waals surface area contributed by atoms with E-state index in [2.05, 4.69) is 5.32 Å². The number of carbonyl (C=O) groups is 3. The van der Waals surface area contributed by atoms with Gasteiger partial charge in [-0.05, 0) is 35.6 Å². The van der Waals surface area contributed by atoms with Gasteiger partial charge in [0.05, 0.1) is 12.0 Å². The highest BCUT2D eigenvalue weighted by Crippen LogP contribution is 2.45. The minimum atomic E-state index is -0.897. The van der Waals surface area contributed by atoms with E-state index in [1.165, 1.54) is 35.6 Å². The van der Waals surface area contributed by atoms with Gasteiger partial charge in [0.15, 0.2) is 6.10 Å². The third kappa shape index (κ3) is 3.81. The molecule has 2 saturated heterocycles. The lowest BCUT2D eigenvalue weighted by Crippen LogP contribution is -2.40. The fourth-order valence-corrected chi connectivity index (χ4v) is 4.59. The SMILES string of the molecule is CN1C(=O)C2ON(CC(=O)NCCc3ccc(F)cc3)C(c3cccs3)C2C1=O. The highest BCUT2D eigenvalue weighted by atomic mass is 32.1. The number of fused-ring (bicyclic) bond motifs is 1. The summed E-state index contributed by atoms with van der Waals surface area (Å²) in [7, 11) is 1.45. The van der Waals surface area contributed by atoms with E-state index in [4.69, 9.17) is 4.84 Å². The summed E-state index contributed by atoms with van der Waals surface area (Å²) in [6, 6.07) is 9.36. The van der Waals surface area contributed by atoms with Crippen molar-refractivity contribution in [3.05, 3.63) is 58.0 Å². The molecule has 3 amide bonds. The lowest BCUT2D eigenvalue weighted by molar-refractivity contribution is -0.181. The van der Waals surface area contributed by atoms with Gasteiger partial charge in [0.25, 0.3) is 5.91 Å². The first-order valence-corrected chi connectivity index (χ1v) is 10.1. The number of nitrogens with one attached hydrogen (secondary N) is 1. The number of carbonyl (C=O) groups excluding carboxylic acids is 3. The minimum absolute atomic E-state index is 0.0940. The molecule has 3 heterocycles. The second kappa shape index (κ2) is 8.02. The molecule has 2 aliphatic heterocycles. The molecule has 3 atom stereocenters. The van der Waals surface area contributed by atoms with Gasteiger partial charge in [0.2, 0.25) is 11.8 Å². The van der Waals surface area contributed by atoms with Gasteiger partial charge in [-0.2, -0.15) is 5.06 Å². The number of nitrogens with zero attached hydrogens (tertiary/aromatic N) is 2. The Morgan fingerprint density at radius 2 is 1.97 bits per heavy atom. The smallest absolute Gasteiger partial charge is 0.261 e. The Morgan fingerprint density at radius 1 is 1.21 bits per heavy atom. The van der Waals surface area contributed by atoms with Gasteiger partial charge in [-0.3, -0.25) is 24.1 Å². The maximum Gasteiger partial charge on any atom is 0.261 e. The van der Waals surface area contributed by atoms with Gasteiger partial charge >= 0.3 is 0 Å². The Labute approximate surface area is 171 Å². The van der Waals surface area contributed by atoms with Gasteiger partial charge in [-0.25, -0.2) is 4.39 Å². The topological polar surface area (TPSA) is 79.0 Å². The van der Waals surface area contributed by atoms with Crippen LogP contribution in [0.1, 0.15) is 16.5 Å². The molecule has 1 aromatic heterocycles. The fraction of sp³-hybridized carbons (Fsp3) is 0.350. The van der Waals surface area contributed by atoms with Crippen molar-refractivity contribution in [3.63, 3.8) is 0 Å². The highest BCUT2D eigenvalue weighted by molar-refractivity contribution is 7.10. The van der Waals surface area contributed by atoms with Crippen LogP contribution >= 0.6 is 11.3 Å². The number of amides is 3. The summed E-state index contributed by atoms with van der Waals surface area (Å²) in [5.74, 6) is -1.91. The molecule has 3 unspecified atom stereocenters. The predicted octanol–water partition coefficient (Wildman–Crippen LogP) is 1.52. The number of likely N-dealkylation sites (N-methyl/N-ethyl adjacent to an activating group) is 1. The lowest BCUT2D eigenvalue weighted by Gasteiger charge is -2.24. The van der Waals surface area contributed by atoms with Crippen LogP contribution in [-0.2, 0) is 25.6 Å². The molecule has 0 bridgehead atoms. The number of hydrogen-bond acceptors (Lipinski definition) is 6. The number of hydrogen-bond donors (Lipinski definition) is 1. The quantitative estimate of drug-likeness (QED) is 0.721. The number of imide groups is 1. The van der Waals surface area contributed by atoms with Crippen molar-refractivity contribution in [2.45, 2.75) is 18.6 Å². The summed E-state index contributed by atoms with van der Waals surface area (Å²) in [6.07, 6.45) is -0.333. The fourth-order valence-electron chi connectivity index (χ4n) is 3.72. The molecule has 152 valence electrons. The molecule has 0 saturated carbocycles. The van der Waals surface area contributed by atoms with E-state index in [0.717, 1.165) is 15.3 Å². The van der Waals surface area contributed by atoms with Crippen molar-refractivity contribution in [2.24, 2.45) is 5.92 Å². The first-order valence-electron chi connectivity index (χ1n) is 9.25. The van der Waals surface area contributed by atoms with E-state index in [9.17, 15) is 18.8 Å². The standard InChI is InChI=1S/C20H20FN3O4S/c1-23-19(26)16-17(14-3-2-10-29-14)24(28-18(16)20(23)27)11-15(25)22-9-8-12-4-6-13(21)7-5-12/h2-7,10,16-18H,8-9,11H2,1H3,(H,22,25). The van der Waals surface area contributed by atoms with Crippen LogP contribution in [0.4, 0.5) is 4.39 Å². The van der Waals surface area contributed by atoms with Crippen molar-refractivity contribution in [1.82, 2.24) is 15.3 Å². The zero-order valence-electron chi connectivity index (χ0n) is 15.7. The van der Waals surface area contributed by atoms with Crippen LogP contribution in [0.2, 0.25) is 0 Å². The summed E-state index contributed by atoms with van der Waals surface area (Å²) in [6.45, 7) is 0.290. The molecule has 1 N–H and O–H groups in total. The van der Waals surface area contributed by atoms with Crippen molar-refractivity contribution in [3.8, 4) is 0 Å². The minimum Gasteiger partial charge on any atom is -0.355 e. The number of thiophene rings is 1. The average molecular weight is 417 g/mol. The number of rotatable bonds is 6. The molecule has 7 nitrogen and oxygen atoms in total. The zero-order chi connectivity index (χ0) is 20.5. The van der Waals surface area contributed by atoms with Crippen molar-refractivity contribution >= 4 is 29.1 Å². The monoisotopic (exact) mass is 417 g/mol. The van der Waals surface area contributed by atoms with Crippen LogP contribution in [-0.4, -0.2) is 53.9 Å². The second-order valence-corrected chi connectivity index (χ2v) is 8.03. The third-order valence-corrected chi connectivity index (χ3v) is 6.14. The normalized spacial score (nSPS) is 24.2. The van der Waals surface area contributed by atoms with E-state index in [-0.39, 0.29) is 30.1 Å². The predicted molar refractivity (Wildman–Crippen MR) is 103 cm³/mol. The molecule has 9 heteroatoms. The van der Waals surface area contributed by atoms with Gasteiger partial charge in [0.1, 0.15) is 12.4 Å². The summed E-state index contributed by atoms with van der Waals surface area (Å²) in [5.41, 5.74) is 0.911. The van der Waals surface area contributed by atoms with Crippen LogP contribution in [0.25, 0.3) is 0 Å². The van der Waals surface area contributed by atoms with E-state index >= 15 is 0 Å². The van der Waals surface area contributed by atoms with E-state index in [1.807, 2.05) is 17.5 Å². The molecule has 2 aromatic rings. The molecule has 29 heavy (non-hydrogen) atoms. The van der Waals surface area contributed by atoms with Crippen LogP contribution < -0.4 is 5.32 Å². The van der Waals surface area contributed by atoms with Gasteiger partial charge in [-0.1, -0.05) is 18.2 Å². The molecule has 1 aromatic carbocycles. The number of halogens is 1. The van der Waals surface area contributed by atoms with Crippen molar-refractivity contribution < 1.29 is 23.6 Å². The Kier molecular flexibility index (Phi) is 5.44. The first-order chi connectivity index (χ1) is 14.0. The summed E-state index contributed by atoms with van der Waals surface area (Å²) >= 11 is 1.45. The maximum absolute atomic E-state index is 13.0. The number of likely N-dealkylation sites (tertiary alicyclic amines) is 1. The van der Waals surface area contributed by atoms with Crippen molar-refractivity contribution in [1.29, 1.82) is 0 Å². The van der Waals surface area contributed by atoms with Crippen LogP contribution in [0.3, 0.4) is 0 Å². The van der Waals surface area contributed by atoms with Gasteiger partial charge in [-0.15, -0.1) is 11.3 Å². The van der Waals surface area contributed by atoms with E-state index in [1.54, 1.807) is 12.1 Å². The van der Waals surface area contributed by atoms with Crippen LogP contribution in [0.5, 0.6) is 0 Å². The molecule has 2 fully saturated rings. The molecule has 0 radical (unpaired) electrons. The Balaban J connectivity index is 1.40. The second-order valence-electron chi connectivity index (χ2n) is 7.05. The molecule has 2 aliphatic rings. The van der Waals surface area contributed by atoms with E-state index in [0.29, 0.717) is 13.0 Å². The molecule has 0 spiro atoms. The first kappa shape index (κ1) is 19.7. The molecule has 4 rings (SSSR count). The molecular formula is C20H20FN3O4S. The Morgan fingerprint density at radius 3 is 2.66 bits per heavy atom. The lowest BCUT2D eigenvalue weighted by atomic mass is 9.95. The zero-order valence-corrected chi connectivity index (χ0v) is 16.5. The molecule has 0 aliphatic carbocycles. The summed E-state index contributed by atoms with van der Waals surface area (Å²) in [4.78, 5) is 45.0. The van der Waals surface area contributed by atoms with Crippen molar-refractivity contribution in [2.75, 3.05) is 20.1 Å². The number of benzene rings is 1. The largest absolute Gasteiger partial charge is 0.355 e. The average Bonchev–Trinajstić information content (AvgIpc) is 3.39. The Hall–Kier alpha value is -2.62.